The molecule has 0 bridgehead atoms. The second kappa shape index (κ2) is 8.33. The molecule has 32 heavy (non-hydrogen) atoms. The van der Waals surface area contributed by atoms with Crippen LogP contribution in [0.4, 0.5) is 20.2 Å². The summed E-state index contributed by atoms with van der Waals surface area (Å²) in [6, 6.07) is 15.1. The lowest BCUT2D eigenvalue weighted by Gasteiger charge is -2.08. The van der Waals surface area contributed by atoms with Crippen molar-refractivity contribution in [3.05, 3.63) is 82.7 Å². The van der Waals surface area contributed by atoms with E-state index in [0.29, 0.717) is 21.8 Å². The van der Waals surface area contributed by atoms with Crippen molar-refractivity contribution in [1.82, 2.24) is 0 Å². The van der Waals surface area contributed by atoms with Gasteiger partial charge in [0.15, 0.2) is 0 Å². The Balaban J connectivity index is 1.62. The molecule has 4 aromatic rings. The Bertz CT molecular complexity index is 1460. The number of anilines is 2. The Morgan fingerprint density at radius 3 is 2.47 bits per heavy atom. The van der Waals surface area contributed by atoms with Crippen LogP contribution in [0, 0.1) is 18.6 Å². The summed E-state index contributed by atoms with van der Waals surface area (Å²) in [5.74, 6) is -1.68. The fraction of sp³-hybridized carbons (Fsp3) is 0.0870. The highest BCUT2D eigenvalue weighted by Gasteiger charge is 2.17. The molecule has 9 heteroatoms. The van der Waals surface area contributed by atoms with Gasteiger partial charge in [-0.2, -0.15) is 0 Å². The summed E-state index contributed by atoms with van der Waals surface area (Å²) in [7, 11) is -3.41. The van der Waals surface area contributed by atoms with Crippen LogP contribution in [-0.4, -0.2) is 20.6 Å². The van der Waals surface area contributed by atoms with Crippen LogP contribution in [-0.2, 0) is 10.0 Å². The van der Waals surface area contributed by atoms with Gasteiger partial charge in [-0.15, -0.1) is 11.3 Å². The molecular formula is C23H18F2N2O3S2. The summed E-state index contributed by atoms with van der Waals surface area (Å²) in [5.41, 5.74) is 2.39. The monoisotopic (exact) mass is 472 g/mol. The number of sulfonamides is 1. The molecule has 5 nitrogen and oxygen atoms in total. The fourth-order valence-corrected chi connectivity index (χ4v) is 5.09. The number of amides is 1. The average Bonchev–Trinajstić information content (AvgIpc) is 3.03. The van der Waals surface area contributed by atoms with E-state index in [4.69, 9.17) is 0 Å². The Kier molecular flexibility index (Phi) is 5.70. The number of carbonyl (C=O) groups excluding carboxylic acids is 1. The lowest BCUT2D eigenvalue weighted by molar-refractivity contribution is 0.103. The number of halogens is 2. The van der Waals surface area contributed by atoms with Gasteiger partial charge in [-0.05, 0) is 59.8 Å². The van der Waals surface area contributed by atoms with Crippen molar-refractivity contribution in [3.8, 4) is 11.1 Å². The number of rotatable bonds is 5. The van der Waals surface area contributed by atoms with Gasteiger partial charge in [-0.1, -0.05) is 18.2 Å². The van der Waals surface area contributed by atoms with E-state index >= 15 is 0 Å². The van der Waals surface area contributed by atoms with Gasteiger partial charge in [0.1, 0.15) is 11.6 Å². The predicted molar refractivity (Wildman–Crippen MR) is 125 cm³/mol. The fourth-order valence-electron chi connectivity index (χ4n) is 3.40. The van der Waals surface area contributed by atoms with Crippen LogP contribution in [0.1, 0.15) is 15.2 Å². The largest absolute Gasteiger partial charge is 0.321 e. The van der Waals surface area contributed by atoms with E-state index in [1.54, 1.807) is 42.5 Å². The summed E-state index contributed by atoms with van der Waals surface area (Å²) in [5, 5.41) is 3.67. The number of thiophene rings is 1. The molecule has 2 N–H and O–H groups in total. The van der Waals surface area contributed by atoms with Crippen LogP contribution in [0.15, 0.2) is 60.7 Å². The second-order valence-corrected chi connectivity index (χ2v) is 10.1. The van der Waals surface area contributed by atoms with Crippen molar-refractivity contribution in [2.45, 2.75) is 6.92 Å². The number of fused-ring (bicyclic) bond motifs is 1. The average molecular weight is 473 g/mol. The van der Waals surface area contributed by atoms with E-state index in [2.05, 4.69) is 10.0 Å². The number of hydrogen-bond acceptors (Lipinski definition) is 4. The van der Waals surface area contributed by atoms with Crippen molar-refractivity contribution in [2.24, 2.45) is 0 Å². The smallest absolute Gasteiger partial charge is 0.266 e. The van der Waals surface area contributed by atoms with E-state index in [0.717, 1.165) is 28.0 Å². The van der Waals surface area contributed by atoms with E-state index < -0.39 is 21.7 Å². The minimum absolute atomic E-state index is 0.228. The number of benzene rings is 3. The topological polar surface area (TPSA) is 75.3 Å². The first-order chi connectivity index (χ1) is 15.1. The Labute approximate surface area is 187 Å². The van der Waals surface area contributed by atoms with Crippen molar-refractivity contribution >= 4 is 48.7 Å². The molecule has 0 spiro atoms. The molecule has 0 aliphatic heterocycles. The van der Waals surface area contributed by atoms with Crippen LogP contribution in [0.5, 0.6) is 0 Å². The van der Waals surface area contributed by atoms with Crippen molar-refractivity contribution in [3.63, 3.8) is 0 Å². The standard InChI is InChI=1S/C23H18F2N2O3S2/c1-13-18-9-7-17(27-32(2,29)30)12-21(18)31-22(13)23(28)26-16-5-3-4-14(10-16)19-8-6-15(24)11-20(19)25/h3-12,27H,1-2H3,(H,26,28). The molecule has 3 aromatic carbocycles. The zero-order chi connectivity index (χ0) is 23.0. The van der Waals surface area contributed by atoms with Gasteiger partial charge in [0.2, 0.25) is 10.0 Å². The minimum atomic E-state index is -3.41. The summed E-state index contributed by atoms with van der Waals surface area (Å²) in [6.45, 7) is 1.82. The summed E-state index contributed by atoms with van der Waals surface area (Å²) >= 11 is 1.25. The third-order valence-electron chi connectivity index (χ3n) is 4.81. The molecular weight excluding hydrogens is 454 g/mol. The van der Waals surface area contributed by atoms with Gasteiger partial charge >= 0.3 is 0 Å². The molecule has 0 fully saturated rings. The molecule has 0 aliphatic carbocycles. The third-order valence-corrected chi connectivity index (χ3v) is 6.67. The van der Waals surface area contributed by atoms with Crippen LogP contribution in [0.3, 0.4) is 0 Å². The number of carbonyl (C=O) groups is 1. The molecule has 164 valence electrons. The van der Waals surface area contributed by atoms with Gasteiger partial charge in [0.05, 0.1) is 11.1 Å². The molecule has 1 heterocycles. The maximum absolute atomic E-state index is 14.1. The lowest BCUT2D eigenvalue weighted by atomic mass is 10.0. The quantitative estimate of drug-likeness (QED) is 0.387. The SMILES string of the molecule is Cc1c(C(=O)Nc2cccc(-c3ccc(F)cc3F)c2)sc2cc(NS(C)(=O)=O)ccc12. The third kappa shape index (κ3) is 4.63. The zero-order valence-corrected chi connectivity index (χ0v) is 18.7. The van der Waals surface area contributed by atoms with Crippen LogP contribution < -0.4 is 10.0 Å². The molecule has 4 rings (SSSR count). The van der Waals surface area contributed by atoms with Crippen LogP contribution >= 0.6 is 11.3 Å². The molecule has 0 aliphatic rings. The van der Waals surface area contributed by atoms with Gasteiger partial charge in [0, 0.05) is 27.7 Å². The van der Waals surface area contributed by atoms with E-state index in [-0.39, 0.29) is 11.5 Å². The van der Waals surface area contributed by atoms with Crippen molar-refractivity contribution < 1.29 is 22.0 Å². The van der Waals surface area contributed by atoms with E-state index in [1.807, 2.05) is 6.92 Å². The van der Waals surface area contributed by atoms with Crippen LogP contribution in [0.2, 0.25) is 0 Å². The second-order valence-electron chi connectivity index (χ2n) is 7.30. The number of nitrogens with one attached hydrogen (secondary N) is 2. The van der Waals surface area contributed by atoms with E-state index in [9.17, 15) is 22.0 Å². The molecule has 1 amide bonds. The Hall–Kier alpha value is -3.30. The summed E-state index contributed by atoms with van der Waals surface area (Å²) in [6.07, 6.45) is 1.07. The van der Waals surface area contributed by atoms with Crippen molar-refractivity contribution in [2.75, 3.05) is 16.3 Å². The highest BCUT2D eigenvalue weighted by atomic mass is 32.2. The number of aryl methyl sites for hydroxylation is 1. The van der Waals surface area contributed by atoms with Gasteiger partial charge in [-0.3, -0.25) is 9.52 Å². The van der Waals surface area contributed by atoms with Crippen molar-refractivity contribution in [1.29, 1.82) is 0 Å². The first-order valence-corrected chi connectivity index (χ1v) is 12.2. The molecule has 0 radical (unpaired) electrons. The highest BCUT2D eigenvalue weighted by molar-refractivity contribution is 7.92. The summed E-state index contributed by atoms with van der Waals surface area (Å²) < 4.78 is 53.5. The first-order valence-electron chi connectivity index (χ1n) is 9.48. The maximum atomic E-state index is 14.1. The highest BCUT2D eigenvalue weighted by Crippen LogP contribution is 2.34. The minimum Gasteiger partial charge on any atom is -0.321 e. The Morgan fingerprint density at radius 2 is 1.75 bits per heavy atom. The lowest BCUT2D eigenvalue weighted by Crippen LogP contribution is -2.11. The molecule has 0 unspecified atom stereocenters. The van der Waals surface area contributed by atoms with Gasteiger partial charge in [-0.25, -0.2) is 17.2 Å². The maximum Gasteiger partial charge on any atom is 0.266 e. The molecule has 0 atom stereocenters. The number of hydrogen-bond donors (Lipinski definition) is 2. The predicted octanol–water partition coefficient (Wildman–Crippen LogP) is 5.78. The van der Waals surface area contributed by atoms with Gasteiger partial charge in [0.25, 0.3) is 5.91 Å². The normalized spacial score (nSPS) is 11.5. The zero-order valence-electron chi connectivity index (χ0n) is 17.1. The molecule has 1 aromatic heterocycles. The first kappa shape index (κ1) is 21.9. The summed E-state index contributed by atoms with van der Waals surface area (Å²) in [4.78, 5) is 13.4. The molecule has 0 saturated heterocycles. The van der Waals surface area contributed by atoms with Gasteiger partial charge < -0.3 is 5.32 Å². The Morgan fingerprint density at radius 1 is 0.969 bits per heavy atom. The molecule has 0 saturated carbocycles. The van der Waals surface area contributed by atoms with E-state index in [1.165, 1.54) is 23.5 Å². The van der Waals surface area contributed by atoms with Crippen LogP contribution in [0.25, 0.3) is 21.2 Å².